The molecule has 0 spiro atoms. The van der Waals surface area contributed by atoms with E-state index in [9.17, 15) is 8.42 Å². The maximum absolute atomic E-state index is 13.7. The zero-order valence-corrected chi connectivity index (χ0v) is 15.4. The Labute approximate surface area is 158 Å². The lowest BCUT2D eigenvalue weighted by atomic mass is 10.2. The van der Waals surface area contributed by atoms with Gasteiger partial charge in [0.1, 0.15) is 0 Å². The number of pyridine rings is 1. The molecule has 0 bridgehead atoms. The van der Waals surface area contributed by atoms with E-state index in [0.29, 0.717) is 11.1 Å². The van der Waals surface area contributed by atoms with E-state index in [2.05, 4.69) is 4.98 Å². The van der Waals surface area contributed by atoms with E-state index in [1.54, 1.807) is 30.6 Å². The summed E-state index contributed by atoms with van der Waals surface area (Å²) in [6.07, 6.45) is 3.30. The van der Waals surface area contributed by atoms with Crippen LogP contribution in [0.3, 0.4) is 0 Å². The lowest BCUT2D eigenvalue weighted by Crippen LogP contribution is -2.30. The molecule has 27 heavy (non-hydrogen) atoms. The summed E-state index contributed by atoms with van der Waals surface area (Å²) in [4.78, 5) is 4.38. The lowest BCUT2D eigenvalue weighted by molar-refractivity contribution is 0.591. The van der Waals surface area contributed by atoms with Crippen LogP contribution in [-0.4, -0.2) is 13.4 Å². The highest BCUT2D eigenvalue weighted by molar-refractivity contribution is 7.93. The molecule has 0 saturated carbocycles. The largest absolute Gasteiger partial charge is 0.265 e. The first-order valence-electron chi connectivity index (χ1n) is 8.61. The third-order valence-corrected chi connectivity index (χ3v) is 6.25. The van der Waals surface area contributed by atoms with Gasteiger partial charge in [-0.3, -0.25) is 9.29 Å². The summed E-state index contributed by atoms with van der Waals surface area (Å²) in [5, 5.41) is 1.47. The fourth-order valence-corrected chi connectivity index (χ4v) is 4.77. The van der Waals surface area contributed by atoms with Crippen molar-refractivity contribution >= 4 is 26.5 Å². The molecule has 0 aliphatic rings. The number of hydrogen-bond acceptors (Lipinski definition) is 3. The van der Waals surface area contributed by atoms with Crippen molar-refractivity contribution in [1.82, 2.24) is 4.98 Å². The Morgan fingerprint density at radius 1 is 0.778 bits per heavy atom. The Hall–Kier alpha value is -3.18. The van der Waals surface area contributed by atoms with Crippen molar-refractivity contribution in [2.45, 2.75) is 11.4 Å². The van der Waals surface area contributed by atoms with Crippen molar-refractivity contribution in [2.75, 3.05) is 4.31 Å². The molecule has 134 valence electrons. The SMILES string of the molecule is O=S(=O)(c1cccc2cnccc12)N(Cc1ccccc1)c1ccccc1. The smallest absolute Gasteiger partial charge is 0.264 e. The van der Waals surface area contributed by atoms with Crippen LogP contribution >= 0.6 is 0 Å². The van der Waals surface area contributed by atoms with Crippen LogP contribution in [0.1, 0.15) is 5.56 Å². The standard InChI is InChI=1S/C22H18N2O2S/c25-27(26,22-13-7-10-19-16-23-15-14-21(19)22)24(20-11-5-2-6-12-20)17-18-8-3-1-4-9-18/h1-16H,17H2. The van der Waals surface area contributed by atoms with Crippen molar-refractivity contribution < 1.29 is 8.42 Å². The van der Waals surface area contributed by atoms with E-state index < -0.39 is 10.0 Å². The van der Waals surface area contributed by atoms with Crippen molar-refractivity contribution in [1.29, 1.82) is 0 Å². The number of para-hydroxylation sites is 1. The van der Waals surface area contributed by atoms with Gasteiger partial charge >= 0.3 is 0 Å². The van der Waals surface area contributed by atoms with Gasteiger partial charge in [0.15, 0.2) is 0 Å². The number of anilines is 1. The molecule has 0 aliphatic carbocycles. The zero-order valence-electron chi connectivity index (χ0n) is 14.6. The van der Waals surface area contributed by atoms with Gasteiger partial charge in [-0.25, -0.2) is 8.42 Å². The maximum atomic E-state index is 13.7. The van der Waals surface area contributed by atoms with E-state index in [-0.39, 0.29) is 11.4 Å². The van der Waals surface area contributed by atoms with Gasteiger partial charge in [0, 0.05) is 23.2 Å². The summed E-state index contributed by atoms with van der Waals surface area (Å²) >= 11 is 0. The molecular weight excluding hydrogens is 356 g/mol. The number of nitrogens with zero attached hydrogens (tertiary/aromatic N) is 2. The molecule has 0 amide bonds. The summed E-state index contributed by atoms with van der Waals surface area (Å²) in [6.45, 7) is 0.259. The average Bonchev–Trinajstić information content (AvgIpc) is 2.73. The van der Waals surface area contributed by atoms with Crippen LogP contribution < -0.4 is 4.31 Å². The van der Waals surface area contributed by atoms with E-state index in [1.165, 1.54) is 4.31 Å². The first kappa shape index (κ1) is 17.2. The Bertz CT molecular complexity index is 1160. The van der Waals surface area contributed by atoms with Crippen molar-refractivity contribution in [3.63, 3.8) is 0 Å². The molecule has 4 nitrogen and oxygen atoms in total. The minimum Gasteiger partial charge on any atom is -0.264 e. The molecule has 1 aromatic heterocycles. The molecule has 0 atom stereocenters. The molecule has 1 heterocycles. The van der Waals surface area contributed by atoms with E-state index in [1.807, 2.05) is 66.7 Å². The summed E-state index contributed by atoms with van der Waals surface area (Å²) in [5.74, 6) is 0. The third kappa shape index (κ3) is 3.41. The van der Waals surface area contributed by atoms with Crippen molar-refractivity contribution in [2.24, 2.45) is 0 Å². The first-order chi connectivity index (χ1) is 13.2. The second-order valence-corrected chi connectivity index (χ2v) is 8.02. The van der Waals surface area contributed by atoms with Crippen LogP contribution in [0, 0.1) is 0 Å². The maximum Gasteiger partial charge on any atom is 0.265 e. The topological polar surface area (TPSA) is 50.3 Å². The number of sulfonamides is 1. The zero-order chi connectivity index (χ0) is 18.7. The van der Waals surface area contributed by atoms with E-state index in [4.69, 9.17) is 0 Å². The van der Waals surface area contributed by atoms with Gasteiger partial charge in [-0.15, -0.1) is 0 Å². The average molecular weight is 374 g/mol. The number of fused-ring (bicyclic) bond motifs is 1. The van der Waals surface area contributed by atoms with Crippen LogP contribution in [-0.2, 0) is 16.6 Å². The van der Waals surface area contributed by atoms with Crippen molar-refractivity contribution in [3.05, 3.63) is 103 Å². The minimum absolute atomic E-state index is 0.259. The third-order valence-electron chi connectivity index (χ3n) is 4.42. The van der Waals surface area contributed by atoms with Gasteiger partial charge in [-0.2, -0.15) is 0 Å². The highest BCUT2D eigenvalue weighted by Crippen LogP contribution is 2.30. The Kier molecular flexibility index (Phi) is 4.60. The first-order valence-corrected chi connectivity index (χ1v) is 10.0. The monoisotopic (exact) mass is 374 g/mol. The molecule has 4 aromatic rings. The minimum atomic E-state index is -3.77. The summed E-state index contributed by atoms with van der Waals surface area (Å²) in [7, 11) is -3.77. The molecule has 0 saturated heterocycles. The van der Waals surface area contributed by atoms with Gasteiger partial charge in [0.05, 0.1) is 17.1 Å². The fourth-order valence-electron chi connectivity index (χ4n) is 3.10. The molecule has 0 radical (unpaired) electrons. The van der Waals surface area contributed by atoms with Crippen LogP contribution in [0.25, 0.3) is 10.8 Å². The summed E-state index contributed by atoms with van der Waals surface area (Å²) < 4.78 is 28.8. The molecule has 0 unspecified atom stereocenters. The molecule has 0 aliphatic heterocycles. The van der Waals surface area contributed by atoms with Crippen molar-refractivity contribution in [3.8, 4) is 0 Å². The van der Waals surface area contributed by atoms with Crippen LogP contribution in [0.15, 0.2) is 102 Å². The lowest BCUT2D eigenvalue weighted by Gasteiger charge is -2.25. The Morgan fingerprint density at radius 2 is 1.48 bits per heavy atom. The molecule has 4 rings (SSSR count). The van der Waals surface area contributed by atoms with E-state index in [0.717, 1.165) is 10.9 Å². The normalized spacial score (nSPS) is 11.4. The molecule has 0 fully saturated rings. The predicted molar refractivity (Wildman–Crippen MR) is 108 cm³/mol. The molecule has 0 N–H and O–H groups in total. The van der Waals surface area contributed by atoms with Gasteiger partial charge < -0.3 is 0 Å². The number of aromatic nitrogens is 1. The van der Waals surface area contributed by atoms with Gasteiger partial charge in [-0.1, -0.05) is 60.7 Å². The molecule has 5 heteroatoms. The van der Waals surface area contributed by atoms with Crippen LogP contribution in [0.2, 0.25) is 0 Å². The molecule has 3 aromatic carbocycles. The number of rotatable bonds is 5. The van der Waals surface area contributed by atoms with Gasteiger partial charge in [-0.05, 0) is 29.8 Å². The van der Waals surface area contributed by atoms with Crippen LogP contribution in [0.4, 0.5) is 5.69 Å². The fraction of sp³-hybridized carbons (Fsp3) is 0.0455. The highest BCUT2D eigenvalue weighted by Gasteiger charge is 2.26. The number of benzene rings is 3. The predicted octanol–water partition coefficient (Wildman–Crippen LogP) is 4.63. The molecular formula is C22H18N2O2S. The quantitative estimate of drug-likeness (QED) is 0.512. The Balaban J connectivity index is 1.88. The van der Waals surface area contributed by atoms with Gasteiger partial charge in [0.2, 0.25) is 0 Å². The summed E-state index contributed by atoms with van der Waals surface area (Å²) in [6, 6.07) is 25.8. The Morgan fingerprint density at radius 3 is 2.22 bits per heavy atom. The second kappa shape index (κ2) is 7.21. The number of hydrogen-bond donors (Lipinski definition) is 0. The summed E-state index contributed by atoms with van der Waals surface area (Å²) in [5.41, 5.74) is 1.55. The van der Waals surface area contributed by atoms with Crippen LogP contribution in [0.5, 0.6) is 0 Å². The van der Waals surface area contributed by atoms with Gasteiger partial charge in [0.25, 0.3) is 10.0 Å². The highest BCUT2D eigenvalue weighted by atomic mass is 32.2. The van der Waals surface area contributed by atoms with E-state index >= 15 is 0 Å². The second-order valence-electron chi connectivity index (χ2n) is 6.19.